The molecule has 0 radical (unpaired) electrons. The second-order valence-corrected chi connectivity index (χ2v) is 7.49. The lowest BCUT2D eigenvalue weighted by Crippen LogP contribution is -2.22. The molecule has 2 aromatic heterocycles. The molecule has 4 rings (SSSR count). The Hall–Kier alpha value is -2.69. The van der Waals surface area contributed by atoms with Gasteiger partial charge in [-0.25, -0.2) is 4.79 Å². The molecule has 0 aliphatic rings. The molecule has 4 aromatic rings. The van der Waals surface area contributed by atoms with E-state index in [4.69, 9.17) is 4.42 Å². The topological polar surface area (TPSA) is 42.2 Å². The molecule has 2 aromatic carbocycles. The molecule has 3 nitrogen and oxygen atoms in total. The van der Waals surface area contributed by atoms with Crippen LogP contribution in [0.2, 0.25) is 0 Å². The average molecular weight is 375 g/mol. The second-order valence-electron chi connectivity index (χ2n) is 6.51. The Balaban J connectivity index is 1.68. The van der Waals surface area contributed by atoms with Crippen molar-refractivity contribution in [3.8, 4) is 0 Å². The monoisotopic (exact) mass is 375 g/mol. The van der Waals surface area contributed by atoms with Crippen molar-refractivity contribution < 1.29 is 4.42 Å². The normalized spacial score (nSPS) is 12.3. The number of fused-ring (bicyclic) bond motifs is 1. The summed E-state index contributed by atoms with van der Waals surface area (Å²) in [6, 6.07) is 22.4. The van der Waals surface area contributed by atoms with Crippen molar-refractivity contribution in [3.63, 3.8) is 0 Å². The van der Waals surface area contributed by atoms with Gasteiger partial charge < -0.3 is 9.73 Å². The molecule has 1 atom stereocenters. The van der Waals surface area contributed by atoms with Gasteiger partial charge in [0.05, 0.1) is 6.04 Å². The molecule has 27 heavy (non-hydrogen) atoms. The van der Waals surface area contributed by atoms with Crippen LogP contribution in [0.15, 0.2) is 81.3 Å². The molecule has 0 aliphatic carbocycles. The summed E-state index contributed by atoms with van der Waals surface area (Å²) in [5, 5.41) is 6.71. The Morgan fingerprint density at radius 3 is 2.63 bits per heavy atom. The van der Waals surface area contributed by atoms with Crippen LogP contribution in [-0.2, 0) is 13.0 Å². The minimum Gasteiger partial charge on any atom is -0.423 e. The first-order chi connectivity index (χ1) is 13.2. The molecule has 0 spiro atoms. The van der Waals surface area contributed by atoms with E-state index in [9.17, 15) is 4.79 Å². The van der Waals surface area contributed by atoms with Crippen LogP contribution in [0.1, 0.15) is 34.5 Å². The van der Waals surface area contributed by atoms with E-state index in [1.807, 2.05) is 12.1 Å². The first-order valence-electron chi connectivity index (χ1n) is 9.12. The molecule has 0 amide bonds. The molecule has 0 aliphatic heterocycles. The summed E-state index contributed by atoms with van der Waals surface area (Å²) in [5.74, 6) is 0. The van der Waals surface area contributed by atoms with E-state index in [0.29, 0.717) is 12.1 Å². The van der Waals surface area contributed by atoms with Gasteiger partial charge in [-0.1, -0.05) is 55.5 Å². The molecule has 2 heterocycles. The van der Waals surface area contributed by atoms with Gasteiger partial charge in [-0.3, -0.25) is 0 Å². The maximum absolute atomic E-state index is 12.1. The van der Waals surface area contributed by atoms with Crippen molar-refractivity contribution in [2.75, 3.05) is 0 Å². The zero-order chi connectivity index (χ0) is 18.6. The van der Waals surface area contributed by atoms with Crippen LogP contribution in [0.5, 0.6) is 0 Å². The van der Waals surface area contributed by atoms with Crippen molar-refractivity contribution in [2.45, 2.75) is 25.9 Å². The Kier molecular flexibility index (Phi) is 5.19. The van der Waals surface area contributed by atoms with Crippen molar-refractivity contribution >= 4 is 22.3 Å². The zero-order valence-electron chi connectivity index (χ0n) is 15.1. The van der Waals surface area contributed by atoms with Gasteiger partial charge >= 0.3 is 5.63 Å². The zero-order valence-corrected chi connectivity index (χ0v) is 16.0. The smallest absolute Gasteiger partial charge is 0.336 e. The Labute approximate surface area is 162 Å². The van der Waals surface area contributed by atoms with E-state index in [0.717, 1.165) is 22.9 Å². The standard InChI is InChI=1S/C23H21NO2S/c1-2-16-10-11-19-18(14-22(25)26-20(19)13-16)15-24-23(21-9-6-12-27-21)17-7-4-3-5-8-17/h3-14,23-24H,2,15H2,1H3/t23-/m1/s1. The molecule has 0 saturated carbocycles. The number of nitrogens with one attached hydrogen (secondary N) is 1. The summed E-state index contributed by atoms with van der Waals surface area (Å²) in [5.41, 5.74) is 3.68. The van der Waals surface area contributed by atoms with Gasteiger partial charge in [0.25, 0.3) is 0 Å². The molecular formula is C23H21NO2S. The van der Waals surface area contributed by atoms with Crippen LogP contribution in [-0.4, -0.2) is 0 Å². The average Bonchev–Trinajstić information content (AvgIpc) is 3.22. The third-order valence-electron chi connectivity index (χ3n) is 4.76. The highest BCUT2D eigenvalue weighted by molar-refractivity contribution is 7.10. The van der Waals surface area contributed by atoms with Gasteiger partial charge in [0.2, 0.25) is 0 Å². The van der Waals surface area contributed by atoms with E-state index in [1.54, 1.807) is 17.4 Å². The van der Waals surface area contributed by atoms with E-state index in [-0.39, 0.29) is 11.7 Å². The first-order valence-corrected chi connectivity index (χ1v) is 10.00. The fourth-order valence-corrected chi connectivity index (χ4v) is 4.16. The fourth-order valence-electron chi connectivity index (χ4n) is 3.34. The number of thiophene rings is 1. The molecule has 0 bridgehead atoms. The molecule has 136 valence electrons. The van der Waals surface area contributed by atoms with Gasteiger partial charge in [0.15, 0.2) is 0 Å². The van der Waals surface area contributed by atoms with Gasteiger partial charge in [0.1, 0.15) is 5.58 Å². The third-order valence-corrected chi connectivity index (χ3v) is 5.70. The molecule has 0 unspecified atom stereocenters. The lowest BCUT2D eigenvalue weighted by molar-refractivity contribution is 0.553. The maximum Gasteiger partial charge on any atom is 0.336 e. The van der Waals surface area contributed by atoms with Crippen molar-refractivity contribution in [3.05, 3.63) is 104 Å². The number of benzene rings is 2. The van der Waals surface area contributed by atoms with Gasteiger partial charge in [-0.15, -0.1) is 11.3 Å². The molecule has 0 fully saturated rings. The summed E-state index contributed by atoms with van der Waals surface area (Å²) in [6.07, 6.45) is 0.913. The van der Waals surface area contributed by atoms with Crippen LogP contribution in [0, 0.1) is 0 Å². The minimum atomic E-state index is -0.306. The largest absolute Gasteiger partial charge is 0.423 e. The molecule has 4 heteroatoms. The quantitative estimate of drug-likeness (QED) is 0.465. The fraction of sp³-hybridized carbons (Fsp3) is 0.174. The maximum atomic E-state index is 12.1. The predicted molar refractivity (Wildman–Crippen MR) is 111 cm³/mol. The summed E-state index contributed by atoms with van der Waals surface area (Å²) in [4.78, 5) is 13.3. The van der Waals surface area contributed by atoms with E-state index >= 15 is 0 Å². The van der Waals surface area contributed by atoms with E-state index in [1.165, 1.54) is 10.4 Å². The van der Waals surface area contributed by atoms with Crippen LogP contribution < -0.4 is 10.9 Å². The summed E-state index contributed by atoms with van der Waals surface area (Å²) >= 11 is 1.73. The highest BCUT2D eigenvalue weighted by Crippen LogP contribution is 2.27. The molecular weight excluding hydrogens is 354 g/mol. The highest BCUT2D eigenvalue weighted by Gasteiger charge is 2.15. The summed E-state index contributed by atoms with van der Waals surface area (Å²) < 4.78 is 5.43. The molecule has 0 saturated heterocycles. The van der Waals surface area contributed by atoms with E-state index in [2.05, 4.69) is 66.2 Å². The van der Waals surface area contributed by atoms with Crippen LogP contribution in [0.4, 0.5) is 0 Å². The Bertz CT molecular complexity index is 1080. The molecule has 1 N–H and O–H groups in total. The van der Waals surface area contributed by atoms with Crippen LogP contribution in [0.3, 0.4) is 0 Å². The van der Waals surface area contributed by atoms with Crippen molar-refractivity contribution in [2.24, 2.45) is 0 Å². The number of rotatable bonds is 6. The second kappa shape index (κ2) is 7.91. The lowest BCUT2D eigenvalue weighted by atomic mass is 10.0. The van der Waals surface area contributed by atoms with Crippen molar-refractivity contribution in [1.82, 2.24) is 5.32 Å². The third kappa shape index (κ3) is 3.87. The van der Waals surface area contributed by atoms with Crippen molar-refractivity contribution in [1.29, 1.82) is 0 Å². The highest BCUT2D eigenvalue weighted by atomic mass is 32.1. The Morgan fingerprint density at radius 2 is 1.89 bits per heavy atom. The van der Waals surface area contributed by atoms with Crippen LogP contribution >= 0.6 is 11.3 Å². The lowest BCUT2D eigenvalue weighted by Gasteiger charge is -2.18. The first kappa shape index (κ1) is 17.7. The van der Waals surface area contributed by atoms with Gasteiger partial charge in [-0.05, 0) is 40.6 Å². The number of hydrogen-bond acceptors (Lipinski definition) is 4. The minimum absolute atomic E-state index is 0.0865. The van der Waals surface area contributed by atoms with Crippen LogP contribution in [0.25, 0.3) is 11.0 Å². The Morgan fingerprint density at radius 1 is 1.04 bits per heavy atom. The summed E-state index contributed by atoms with van der Waals surface area (Å²) in [6.45, 7) is 2.68. The SMILES string of the molecule is CCc1ccc2c(CN[C@H](c3ccccc3)c3cccs3)cc(=O)oc2c1. The number of hydrogen-bond donors (Lipinski definition) is 1. The predicted octanol–water partition coefficient (Wildman–Crippen LogP) is 5.30. The van der Waals surface area contributed by atoms with Gasteiger partial charge in [0, 0.05) is 22.9 Å². The van der Waals surface area contributed by atoms with Gasteiger partial charge in [-0.2, -0.15) is 0 Å². The van der Waals surface area contributed by atoms with E-state index < -0.39 is 0 Å². The summed E-state index contributed by atoms with van der Waals surface area (Å²) in [7, 11) is 0. The number of aryl methyl sites for hydroxylation is 1.